The molecule has 9 heteroatoms. The van der Waals surface area contributed by atoms with Crippen LogP contribution in [0.25, 0.3) is 0 Å². The molecule has 0 aliphatic rings. The molecule has 0 aromatic carbocycles. The van der Waals surface area contributed by atoms with Crippen molar-refractivity contribution >= 4 is 11.6 Å². The zero-order valence-electron chi connectivity index (χ0n) is 11.8. The number of hydrogen-bond donors (Lipinski definition) is 2. The van der Waals surface area contributed by atoms with Gasteiger partial charge in [0.05, 0.1) is 42.9 Å². The highest BCUT2D eigenvalue weighted by molar-refractivity contribution is 6.31. The SMILES string of the molecule is COCCn1ncc(Cl)c1C(NN)c1cc(OC)ncn1. The lowest BCUT2D eigenvalue weighted by atomic mass is 10.1. The van der Waals surface area contributed by atoms with Crippen LogP contribution in [0, 0.1) is 0 Å². The molecule has 0 fully saturated rings. The van der Waals surface area contributed by atoms with Gasteiger partial charge in [-0.2, -0.15) is 5.10 Å². The molecule has 2 heterocycles. The number of hydrogen-bond acceptors (Lipinski definition) is 7. The Balaban J connectivity index is 2.38. The third kappa shape index (κ3) is 3.48. The molecule has 0 saturated heterocycles. The summed E-state index contributed by atoms with van der Waals surface area (Å²) in [5.41, 5.74) is 4.03. The largest absolute Gasteiger partial charge is 0.481 e. The van der Waals surface area contributed by atoms with Crippen molar-refractivity contribution in [1.29, 1.82) is 0 Å². The van der Waals surface area contributed by atoms with Gasteiger partial charge in [0.1, 0.15) is 12.4 Å². The molecular formula is C12H17ClN6O2. The lowest BCUT2D eigenvalue weighted by Crippen LogP contribution is -2.32. The third-order valence-electron chi connectivity index (χ3n) is 2.95. The fraction of sp³-hybridized carbons (Fsp3) is 0.417. The standard InChI is InChI=1S/C12H17ClN6O2/c1-20-4-3-19-12(8(13)6-17-19)11(18-14)9-5-10(21-2)16-7-15-9/h5-7,11,18H,3-4,14H2,1-2H3. The highest BCUT2D eigenvalue weighted by atomic mass is 35.5. The highest BCUT2D eigenvalue weighted by Gasteiger charge is 2.23. The first-order chi connectivity index (χ1) is 10.2. The number of nitrogens with one attached hydrogen (secondary N) is 1. The smallest absolute Gasteiger partial charge is 0.216 e. The summed E-state index contributed by atoms with van der Waals surface area (Å²) in [6.07, 6.45) is 2.97. The molecule has 2 aromatic rings. The van der Waals surface area contributed by atoms with Crippen molar-refractivity contribution in [2.24, 2.45) is 5.84 Å². The molecule has 0 saturated carbocycles. The summed E-state index contributed by atoms with van der Waals surface area (Å²) in [6.45, 7) is 1.06. The van der Waals surface area contributed by atoms with Gasteiger partial charge < -0.3 is 9.47 Å². The fourth-order valence-corrected chi connectivity index (χ4v) is 2.19. The monoisotopic (exact) mass is 312 g/mol. The number of ether oxygens (including phenoxy) is 2. The Hall–Kier alpha value is -1.74. The van der Waals surface area contributed by atoms with E-state index in [-0.39, 0.29) is 0 Å². The molecule has 0 aliphatic carbocycles. The Morgan fingerprint density at radius 3 is 2.90 bits per heavy atom. The molecule has 0 bridgehead atoms. The van der Waals surface area contributed by atoms with Crippen LogP contribution in [-0.4, -0.2) is 40.6 Å². The average molecular weight is 313 g/mol. The van der Waals surface area contributed by atoms with Gasteiger partial charge in [-0.15, -0.1) is 0 Å². The lowest BCUT2D eigenvalue weighted by molar-refractivity contribution is 0.182. The van der Waals surface area contributed by atoms with Crippen LogP contribution in [0.15, 0.2) is 18.6 Å². The van der Waals surface area contributed by atoms with Crippen LogP contribution < -0.4 is 16.0 Å². The van der Waals surface area contributed by atoms with Crippen LogP contribution in [0.2, 0.25) is 5.02 Å². The van der Waals surface area contributed by atoms with Gasteiger partial charge in [0.15, 0.2) is 0 Å². The minimum Gasteiger partial charge on any atom is -0.481 e. The summed E-state index contributed by atoms with van der Waals surface area (Å²) < 4.78 is 11.9. The van der Waals surface area contributed by atoms with Crippen LogP contribution in [0.1, 0.15) is 17.4 Å². The van der Waals surface area contributed by atoms with Gasteiger partial charge in [0.2, 0.25) is 5.88 Å². The molecule has 1 unspecified atom stereocenters. The number of methoxy groups -OCH3 is 2. The zero-order chi connectivity index (χ0) is 15.2. The predicted octanol–water partition coefficient (Wildman–Crippen LogP) is 0.534. The maximum atomic E-state index is 6.23. The molecule has 8 nitrogen and oxygen atoms in total. The Labute approximate surface area is 127 Å². The van der Waals surface area contributed by atoms with E-state index < -0.39 is 6.04 Å². The predicted molar refractivity (Wildman–Crippen MR) is 76.9 cm³/mol. The van der Waals surface area contributed by atoms with E-state index in [1.165, 1.54) is 13.4 Å². The molecule has 0 amide bonds. The Bertz CT molecular complexity index is 591. The topological polar surface area (TPSA) is 100 Å². The Kier molecular flexibility index (Phi) is 5.45. The van der Waals surface area contributed by atoms with Gasteiger partial charge in [-0.05, 0) is 0 Å². The Morgan fingerprint density at radius 1 is 1.43 bits per heavy atom. The molecule has 3 N–H and O–H groups in total. The van der Waals surface area contributed by atoms with Crippen LogP contribution in [0.4, 0.5) is 0 Å². The second-order valence-corrected chi connectivity index (χ2v) is 4.59. The zero-order valence-corrected chi connectivity index (χ0v) is 12.5. The van der Waals surface area contributed by atoms with Gasteiger partial charge in [0.25, 0.3) is 0 Å². The molecule has 2 rings (SSSR count). The summed E-state index contributed by atoms with van der Waals surface area (Å²) in [7, 11) is 3.16. The first kappa shape index (κ1) is 15.6. The van der Waals surface area contributed by atoms with E-state index in [0.717, 1.165) is 0 Å². The minimum absolute atomic E-state index is 0.436. The van der Waals surface area contributed by atoms with Crippen LogP contribution in [0.3, 0.4) is 0 Å². The number of rotatable bonds is 7. The molecule has 0 aliphatic heterocycles. The second-order valence-electron chi connectivity index (χ2n) is 4.18. The molecule has 0 spiro atoms. The van der Waals surface area contributed by atoms with Crippen molar-refractivity contribution in [3.8, 4) is 5.88 Å². The molecular weight excluding hydrogens is 296 g/mol. The van der Waals surface area contributed by atoms with Crippen LogP contribution >= 0.6 is 11.6 Å². The average Bonchev–Trinajstić information content (AvgIpc) is 2.88. The van der Waals surface area contributed by atoms with Crippen molar-refractivity contribution in [3.05, 3.63) is 35.0 Å². The van der Waals surface area contributed by atoms with Gasteiger partial charge in [-0.3, -0.25) is 10.5 Å². The van der Waals surface area contributed by atoms with Crippen LogP contribution in [-0.2, 0) is 11.3 Å². The van der Waals surface area contributed by atoms with E-state index in [9.17, 15) is 0 Å². The summed E-state index contributed by atoms with van der Waals surface area (Å²) >= 11 is 6.23. The van der Waals surface area contributed by atoms with Crippen molar-refractivity contribution in [2.45, 2.75) is 12.6 Å². The number of nitrogens with two attached hydrogens (primary N) is 1. The first-order valence-corrected chi connectivity index (χ1v) is 6.61. The van der Waals surface area contributed by atoms with Crippen LogP contribution in [0.5, 0.6) is 5.88 Å². The molecule has 0 radical (unpaired) electrons. The van der Waals surface area contributed by atoms with E-state index in [1.54, 1.807) is 24.1 Å². The quantitative estimate of drug-likeness (QED) is 0.568. The Morgan fingerprint density at radius 2 is 2.24 bits per heavy atom. The summed E-state index contributed by atoms with van der Waals surface area (Å²) in [5, 5.41) is 4.72. The van der Waals surface area contributed by atoms with E-state index in [4.69, 9.17) is 26.9 Å². The molecule has 21 heavy (non-hydrogen) atoms. The molecule has 2 aromatic heterocycles. The van der Waals surface area contributed by atoms with Crippen molar-refractivity contribution in [1.82, 2.24) is 25.2 Å². The van der Waals surface area contributed by atoms with Crippen molar-refractivity contribution < 1.29 is 9.47 Å². The fourth-order valence-electron chi connectivity index (χ4n) is 1.94. The van der Waals surface area contributed by atoms with E-state index >= 15 is 0 Å². The summed E-state index contributed by atoms with van der Waals surface area (Å²) in [4.78, 5) is 8.19. The van der Waals surface area contributed by atoms with Gasteiger partial charge in [-0.25, -0.2) is 15.4 Å². The minimum atomic E-state index is -0.436. The summed E-state index contributed by atoms with van der Waals surface area (Å²) in [5.74, 6) is 6.12. The van der Waals surface area contributed by atoms with E-state index in [2.05, 4.69) is 20.5 Å². The van der Waals surface area contributed by atoms with Gasteiger partial charge >= 0.3 is 0 Å². The maximum Gasteiger partial charge on any atom is 0.216 e. The normalized spacial score (nSPS) is 12.4. The molecule has 114 valence electrons. The van der Waals surface area contributed by atoms with Crippen molar-refractivity contribution in [2.75, 3.05) is 20.8 Å². The summed E-state index contributed by atoms with van der Waals surface area (Å²) in [6, 6.07) is 1.25. The highest BCUT2D eigenvalue weighted by Crippen LogP contribution is 2.27. The van der Waals surface area contributed by atoms with E-state index in [0.29, 0.717) is 35.4 Å². The number of nitrogens with zero attached hydrogens (tertiary/aromatic N) is 4. The number of halogens is 1. The first-order valence-electron chi connectivity index (χ1n) is 6.23. The third-order valence-corrected chi connectivity index (χ3v) is 3.24. The van der Waals surface area contributed by atoms with E-state index in [1.807, 2.05) is 0 Å². The maximum absolute atomic E-state index is 6.23. The van der Waals surface area contributed by atoms with Gasteiger partial charge in [-0.1, -0.05) is 11.6 Å². The second kappa shape index (κ2) is 7.32. The number of aromatic nitrogens is 4. The van der Waals surface area contributed by atoms with Crippen molar-refractivity contribution in [3.63, 3.8) is 0 Å². The molecule has 1 atom stereocenters. The lowest BCUT2D eigenvalue weighted by Gasteiger charge is -2.18. The number of hydrazine groups is 1. The van der Waals surface area contributed by atoms with Gasteiger partial charge in [0, 0.05) is 13.2 Å².